The molecule has 1 unspecified atom stereocenters. The SMILES string of the molecule is O=C(NCC1CCCN1)c1ccccc1F. The van der Waals surface area contributed by atoms with Gasteiger partial charge in [-0.15, -0.1) is 0 Å². The molecule has 1 heterocycles. The zero-order chi connectivity index (χ0) is 11.4. The van der Waals surface area contributed by atoms with Crippen molar-refractivity contribution in [3.63, 3.8) is 0 Å². The third-order valence-electron chi connectivity index (χ3n) is 2.79. The normalized spacial score (nSPS) is 19.7. The Bertz CT molecular complexity index is 375. The van der Waals surface area contributed by atoms with Gasteiger partial charge in [-0.2, -0.15) is 0 Å². The van der Waals surface area contributed by atoms with E-state index < -0.39 is 5.82 Å². The molecule has 16 heavy (non-hydrogen) atoms. The number of carbonyl (C=O) groups excluding carboxylic acids is 1. The predicted octanol–water partition coefficient (Wildman–Crippen LogP) is 1.31. The minimum atomic E-state index is -0.473. The van der Waals surface area contributed by atoms with Gasteiger partial charge in [0.2, 0.25) is 0 Å². The van der Waals surface area contributed by atoms with Crippen molar-refractivity contribution in [1.82, 2.24) is 10.6 Å². The zero-order valence-corrected chi connectivity index (χ0v) is 9.00. The topological polar surface area (TPSA) is 41.1 Å². The molecule has 0 aliphatic carbocycles. The molecule has 0 saturated carbocycles. The number of amides is 1. The van der Waals surface area contributed by atoms with E-state index in [0.29, 0.717) is 12.6 Å². The van der Waals surface area contributed by atoms with E-state index in [9.17, 15) is 9.18 Å². The van der Waals surface area contributed by atoms with Crippen molar-refractivity contribution >= 4 is 5.91 Å². The lowest BCUT2D eigenvalue weighted by Crippen LogP contribution is -2.37. The number of halogens is 1. The Kier molecular flexibility index (Phi) is 3.51. The van der Waals surface area contributed by atoms with Crippen molar-refractivity contribution in [3.8, 4) is 0 Å². The van der Waals surface area contributed by atoms with Crippen LogP contribution in [0.3, 0.4) is 0 Å². The van der Waals surface area contributed by atoms with Crippen molar-refractivity contribution in [3.05, 3.63) is 35.6 Å². The standard InChI is InChI=1S/C12H15FN2O/c13-11-6-2-1-5-10(11)12(16)15-8-9-4-3-7-14-9/h1-2,5-6,9,14H,3-4,7-8H2,(H,15,16). The van der Waals surface area contributed by atoms with Gasteiger partial charge in [0.15, 0.2) is 0 Å². The Balaban J connectivity index is 1.90. The van der Waals surface area contributed by atoms with Gasteiger partial charge in [0.05, 0.1) is 5.56 Å². The highest BCUT2D eigenvalue weighted by molar-refractivity contribution is 5.94. The lowest BCUT2D eigenvalue weighted by atomic mass is 10.2. The second-order valence-electron chi connectivity index (χ2n) is 3.98. The molecular formula is C12H15FN2O. The van der Waals surface area contributed by atoms with Crippen molar-refractivity contribution in [2.75, 3.05) is 13.1 Å². The number of nitrogens with one attached hydrogen (secondary N) is 2. The molecule has 1 amide bonds. The summed E-state index contributed by atoms with van der Waals surface area (Å²) in [6.45, 7) is 1.56. The average Bonchev–Trinajstić information content (AvgIpc) is 2.79. The Labute approximate surface area is 94.0 Å². The number of carbonyl (C=O) groups is 1. The van der Waals surface area contributed by atoms with E-state index in [1.54, 1.807) is 12.1 Å². The molecule has 0 aromatic heterocycles. The van der Waals surface area contributed by atoms with Crippen molar-refractivity contribution in [1.29, 1.82) is 0 Å². The van der Waals surface area contributed by atoms with Crippen LogP contribution in [0.2, 0.25) is 0 Å². The second-order valence-corrected chi connectivity index (χ2v) is 3.98. The summed E-state index contributed by atoms with van der Waals surface area (Å²) in [7, 11) is 0. The molecule has 1 aromatic rings. The van der Waals surface area contributed by atoms with Crippen LogP contribution in [0, 0.1) is 5.82 Å². The molecule has 1 aliphatic rings. The van der Waals surface area contributed by atoms with Crippen LogP contribution in [-0.2, 0) is 0 Å². The predicted molar refractivity (Wildman–Crippen MR) is 59.8 cm³/mol. The lowest BCUT2D eigenvalue weighted by Gasteiger charge is -2.11. The molecule has 2 rings (SSSR count). The Hall–Kier alpha value is -1.42. The summed E-state index contributed by atoms with van der Waals surface area (Å²) in [6.07, 6.45) is 2.21. The smallest absolute Gasteiger partial charge is 0.254 e. The summed E-state index contributed by atoms with van der Waals surface area (Å²) in [5.74, 6) is -0.814. The minimum Gasteiger partial charge on any atom is -0.350 e. The zero-order valence-electron chi connectivity index (χ0n) is 9.00. The molecule has 4 heteroatoms. The first kappa shape index (κ1) is 11.1. The van der Waals surface area contributed by atoms with E-state index in [0.717, 1.165) is 19.4 Å². The second kappa shape index (κ2) is 5.07. The van der Waals surface area contributed by atoms with E-state index in [4.69, 9.17) is 0 Å². The lowest BCUT2D eigenvalue weighted by molar-refractivity contribution is 0.0946. The molecule has 1 aliphatic heterocycles. The fraction of sp³-hybridized carbons (Fsp3) is 0.417. The van der Waals surface area contributed by atoms with Crippen LogP contribution >= 0.6 is 0 Å². The highest BCUT2D eigenvalue weighted by Crippen LogP contribution is 2.07. The first-order chi connectivity index (χ1) is 7.77. The van der Waals surface area contributed by atoms with Gasteiger partial charge in [-0.1, -0.05) is 12.1 Å². The summed E-state index contributed by atoms with van der Waals surface area (Å²) in [6, 6.07) is 6.35. The Morgan fingerprint density at radius 1 is 1.50 bits per heavy atom. The van der Waals surface area contributed by atoms with E-state index >= 15 is 0 Å². The van der Waals surface area contributed by atoms with Crippen molar-refractivity contribution < 1.29 is 9.18 Å². The van der Waals surface area contributed by atoms with Gasteiger partial charge >= 0.3 is 0 Å². The largest absolute Gasteiger partial charge is 0.350 e. The molecule has 1 saturated heterocycles. The van der Waals surface area contributed by atoms with Gasteiger partial charge in [0.1, 0.15) is 5.82 Å². The number of benzene rings is 1. The van der Waals surface area contributed by atoms with Gasteiger partial charge in [0.25, 0.3) is 5.91 Å². The summed E-state index contributed by atoms with van der Waals surface area (Å²) < 4.78 is 13.3. The molecule has 3 nitrogen and oxygen atoms in total. The van der Waals surface area contributed by atoms with Crippen molar-refractivity contribution in [2.24, 2.45) is 0 Å². The van der Waals surface area contributed by atoms with Crippen LogP contribution in [0.5, 0.6) is 0 Å². The monoisotopic (exact) mass is 222 g/mol. The molecule has 1 fully saturated rings. The highest BCUT2D eigenvalue weighted by Gasteiger charge is 2.16. The maximum atomic E-state index is 13.3. The average molecular weight is 222 g/mol. The van der Waals surface area contributed by atoms with Crippen LogP contribution in [-0.4, -0.2) is 25.0 Å². The van der Waals surface area contributed by atoms with E-state index in [-0.39, 0.29) is 11.5 Å². The van der Waals surface area contributed by atoms with Gasteiger partial charge in [-0.3, -0.25) is 4.79 Å². The Morgan fingerprint density at radius 2 is 2.31 bits per heavy atom. The van der Waals surface area contributed by atoms with Crippen LogP contribution < -0.4 is 10.6 Å². The van der Waals surface area contributed by atoms with Gasteiger partial charge < -0.3 is 10.6 Å². The summed E-state index contributed by atoms with van der Waals surface area (Å²) in [4.78, 5) is 11.6. The molecule has 0 spiro atoms. The summed E-state index contributed by atoms with van der Waals surface area (Å²) >= 11 is 0. The fourth-order valence-corrected chi connectivity index (χ4v) is 1.89. The van der Waals surface area contributed by atoms with E-state index in [1.165, 1.54) is 12.1 Å². The summed E-state index contributed by atoms with van der Waals surface area (Å²) in [5.41, 5.74) is 0.112. The molecule has 1 aromatic carbocycles. The summed E-state index contributed by atoms with van der Waals surface area (Å²) in [5, 5.41) is 6.01. The van der Waals surface area contributed by atoms with Crippen LogP contribution in [0.4, 0.5) is 4.39 Å². The van der Waals surface area contributed by atoms with E-state index in [2.05, 4.69) is 10.6 Å². The molecule has 0 radical (unpaired) electrons. The molecule has 2 N–H and O–H groups in total. The highest BCUT2D eigenvalue weighted by atomic mass is 19.1. The van der Waals surface area contributed by atoms with Gasteiger partial charge in [0, 0.05) is 12.6 Å². The van der Waals surface area contributed by atoms with Crippen LogP contribution in [0.25, 0.3) is 0 Å². The first-order valence-electron chi connectivity index (χ1n) is 5.53. The third-order valence-corrected chi connectivity index (χ3v) is 2.79. The number of rotatable bonds is 3. The van der Waals surface area contributed by atoms with Crippen LogP contribution in [0.1, 0.15) is 23.2 Å². The third kappa shape index (κ3) is 2.58. The van der Waals surface area contributed by atoms with Gasteiger partial charge in [-0.25, -0.2) is 4.39 Å². The number of hydrogen-bond acceptors (Lipinski definition) is 2. The Morgan fingerprint density at radius 3 is 3.00 bits per heavy atom. The van der Waals surface area contributed by atoms with Crippen LogP contribution in [0.15, 0.2) is 24.3 Å². The quantitative estimate of drug-likeness (QED) is 0.809. The first-order valence-corrected chi connectivity index (χ1v) is 5.53. The van der Waals surface area contributed by atoms with Crippen molar-refractivity contribution in [2.45, 2.75) is 18.9 Å². The minimum absolute atomic E-state index is 0.112. The number of hydrogen-bond donors (Lipinski definition) is 2. The molecule has 1 atom stereocenters. The van der Waals surface area contributed by atoms with Gasteiger partial charge in [-0.05, 0) is 31.5 Å². The van der Waals surface area contributed by atoms with E-state index in [1.807, 2.05) is 0 Å². The fourth-order valence-electron chi connectivity index (χ4n) is 1.89. The molecule has 86 valence electrons. The maximum absolute atomic E-state index is 13.3. The molecule has 0 bridgehead atoms. The molecular weight excluding hydrogens is 207 g/mol. The maximum Gasteiger partial charge on any atom is 0.254 e.